The summed E-state index contributed by atoms with van der Waals surface area (Å²) >= 11 is 0. The highest BCUT2D eigenvalue weighted by molar-refractivity contribution is 4.48. The monoisotopic (exact) mass is 290 g/mol. The molecule has 2 heteroatoms. The molecule has 0 spiro atoms. The highest BCUT2D eigenvalue weighted by Gasteiger charge is 1.92. The zero-order valence-electron chi connectivity index (χ0n) is 14.8. The van der Waals surface area contributed by atoms with E-state index in [9.17, 15) is 0 Å². The van der Waals surface area contributed by atoms with Crippen molar-refractivity contribution in [1.29, 1.82) is 0 Å². The fraction of sp³-hybridized carbons (Fsp3) is 1.00. The summed E-state index contributed by atoms with van der Waals surface area (Å²) in [6.45, 7) is 4.58. The largest absolute Gasteiger partial charge is 0.400 e. The van der Waals surface area contributed by atoms with Crippen LogP contribution < -0.4 is 0 Å². The molecule has 0 aliphatic heterocycles. The molecule has 0 rings (SSSR count). The summed E-state index contributed by atoms with van der Waals surface area (Å²) in [5.74, 6) is 0. The zero-order chi connectivity index (χ0) is 15.9. The maximum atomic E-state index is 7.00. The molecule has 2 nitrogen and oxygen atoms in total. The fourth-order valence-corrected chi connectivity index (χ4v) is 2.27. The van der Waals surface area contributed by atoms with Crippen LogP contribution in [-0.4, -0.2) is 24.4 Å². The Morgan fingerprint density at radius 3 is 0.650 bits per heavy atom. The van der Waals surface area contributed by atoms with E-state index in [2.05, 4.69) is 13.8 Å². The summed E-state index contributed by atoms with van der Waals surface area (Å²) in [4.78, 5) is 0. The average Bonchev–Trinajstić information content (AvgIpc) is 2.52. The number of hydrogen-bond donors (Lipinski definition) is 2. The lowest BCUT2D eigenvalue weighted by molar-refractivity contribution is 0.399. The van der Waals surface area contributed by atoms with Gasteiger partial charge >= 0.3 is 0 Å². The van der Waals surface area contributed by atoms with Gasteiger partial charge in [-0.3, -0.25) is 0 Å². The maximum Gasteiger partial charge on any atom is 0.0319 e. The molecular weight excluding hydrogens is 248 g/mol. The standard InChI is InChI=1S/C16H34.2CH4O/c1-3-5-7-9-11-13-15-16-14-12-10-8-6-4-2;2*1-2/h3-16H2,1-2H3;2*2H,1H3. The van der Waals surface area contributed by atoms with Crippen molar-refractivity contribution in [3.8, 4) is 0 Å². The minimum absolute atomic E-state index is 1.00. The van der Waals surface area contributed by atoms with Crippen LogP contribution in [0.1, 0.15) is 104 Å². The van der Waals surface area contributed by atoms with E-state index in [-0.39, 0.29) is 0 Å². The van der Waals surface area contributed by atoms with E-state index in [1.807, 2.05) is 0 Å². The third-order valence-electron chi connectivity index (χ3n) is 3.46. The highest BCUT2D eigenvalue weighted by atomic mass is 16.2. The summed E-state index contributed by atoms with van der Waals surface area (Å²) in [7, 11) is 2.00. The number of rotatable bonds is 13. The highest BCUT2D eigenvalue weighted by Crippen LogP contribution is 2.12. The molecule has 0 unspecified atom stereocenters. The molecule has 0 saturated carbocycles. The van der Waals surface area contributed by atoms with Crippen molar-refractivity contribution in [2.24, 2.45) is 0 Å². The number of aliphatic hydroxyl groups excluding tert-OH is 2. The smallest absolute Gasteiger partial charge is 0.0319 e. The van der Waals surface area contributed by atoms with E-state index in [1.54, 1.807) is 0 Å². The van der Waals surface area contributed by atoms with Crippen molar-refractivity contribution in [1.82, 2.24) is 0 Å². The Morgan fingerprint density at radius 1 is 0.350 bits per heavy atom. The maximum absolute atomic E-state index is 7.00. The van der Waals surface area contributed by atoms with Gasteiger partial charge in [0.2, 0.25) is 0 Å². The molecule has 0 aliphatic rings. The minimum atomic E-state index is 1.00. The van der Waals surface area contributed by atoms with Crippen molar-refractivity contribution < 1.29 is 10.2 Å². The average molecular weight is 291 g/mol. The molecule has 126 valence electrons. The van der Waals surface area contributed by atoms with Gasteiger partial charge in [0.15, 0.2) is 0 Å². The van der Waals surface area contributed by atoms with Crippen LogP contribution in [0, 0.1) is 0 Å². The number of unbranched alkanes of at least 4 members (excludes halogenated alkanes) is 13. The van der Waals surface area contributed by atoms with Gasteiger partial charge in [-0.15, -0.1) is 0 Å². The molecule has 0 amide bonds. The van der Waals surface area contributed by atoms with Crippen LogP contribution in [0.25, 0.3) is 0 Å². The molecule has 0 aromatic heterocycles. The minimum Gasteiger partial charge on any atom is -0.400 e. The van der Waals surface area contributed by atoms with Crippen molar-refractivity contribution in [2.45, 2.75) is 104 Å². The second kappa shape index (κ2) is 31.4. The number of hydrogen-bond acceptors (Lipinski definition) is 2. The van der Waals surface area contributed by atoms with Crippen LogP contribution in [0.2, 0.25) is 0 Å². The lowest BCUT2D eigenvalue weighted by Gasteiger charge is -2.02. The summed E-state index contributed by atoms with van der Waals surface area (Å²) < 4.78 is 0. The van der Waals surface area contributed by atoms with Gasteiger partial charge in [0.25, 0.3) is 0 Å². The van der Waals surface area contributed by atoms with Gasteiger partial charge in [-0.25, -0.2) is 0 Å². The van der Waals surface area contributed by atoms with E-state index in [1.165, 1.54) is 89.9 Å². The van der Waals surface area contributed by atoms with Crippen LogP contribution in [0.15, 0.2) is 0 Å². The number of aliphatic hydroxyl groups is 2. The Morgan fingerprint density at radius 2 is 0.500 bits per heavy atom. The van der Waals surface area contributed by atoms with Gasteiger partial charge in [-0.1, -0.05) is 104 Å². The van der Waals surface area contributed by atoms with Gasteiger partial charge in [0, 0.05) is 14.2 Å². The molecule has 0 aromatic rings. The normalized spacial score (nSPS) is 9.30. The van der Waals surface area contributed by atoms with Gasteiger partial charge in [0.05, 0.1) is 0 Å². The summed E-state index contributed by atoms with van der Waals surface area (Å²) in [5.41, 5.74) is 0. The SMILES string of the molecule is CCCCCCCCCCCCCCCC.CO.CO. The van der Waals surface area contributed by atoms with E-state index < -0.39 is 0 Å². The van der Waals surface area contributed by atoms with Crippen molar-refractivity contribution >= 4 is 0 Å². The molecule has 0 aliphatic carbocycles. The Hall–Kier alpha value is -0.0800. The molecule has 0 fully saturated rings. The van der Waals surface area contributed by atoms with Crippen molar-refractivity contribution in [3.63, 3.8) is 0 Å². The topological polar surface area (TPSA) is 40.5 Å². The molecule has 0 bridgehead atoms. The fourth-order valence-electron chi connectivity index (χ4n) is 2.27. The third kappa shape index (κ3) is 30.7. The van der Waals surface area contributed by atoms with Gasteiger partial charge in [-0.2, -0.15) is 0 Å². The molecular formula is C18H42O2. The van der Waals surface area contributed by atoms with Gasteiger partial charge < -0.3 is 10.2 Å². The molecule has 20 heavy (non-hydrogen) atoms. The molecule has 0 aromatic carbocycles. The molecule has 2 N–H and O–H groups in total. The molecule has 0 atom stereocenters. The van der Waals surface area contributed by atoms with Crippen LogP contribution in [-0.2, 0) is 0 Å². The zero-order valence-corrected chi connectivity index (χ0v) is 14.8. The van der Waals surface area contributed by atoms with Crippen LogP contribution in [0.5, 0.6) is 0 Å². The van der Waals surface area contributed by atoms with E-state index >= 15 is 0 Å². The quantitative estimate of drug-likeness (QED) is 0.427. The van der Waals surface area contributed by atoms with Crippen molar-refractivity contribution in [2.75, 3.05) is 14.2 Å². The third-order valence-corrected chi connectivity index (χ3v) is 3.46. The predicted molar refractivity (Wildman–Crippen MR) is 92.3 cm³/mol. The van der Waals surface area contributed by atoms with Crippen LogP contribution in [0.3, 0.4) is 0 Å². The second-order valence-corrected chi connectivity index (χ2v) is 5.24. The molecule has 0 radical (unpaired) electrons. The van der Waals surface area contributed by atoms with Gasteiger partial charge in [0.1, 0.15) is 0 Å². The Kier molecular flexibility index (Phi) is 39.0. The summed E-state index contributed by atoms with van der Waals surface area (Å²) in [5, 5.41) is 14.0. The first-order valence-corrected chi connectivity index (χ1v) is 8.81. The Bertz CT molecular complexity index is 102. The van der Waals surface area contributed by atoms with Crippen molar-refractivity contribution in [3.05, 3.63) is 0 Å². The summed E-state index contributed by atoms with van der Waals surface area (Å²) in [6, 6.07) is 0. The molecule has 0 saturated heterocycles. The second-order valence-electron chi connectivity index (χ2n) is 5.24. The van der Waals surface area contributed by atoms with E-state index in [4.69, 9.17) is 10.2 Å². The first-order valence-electron chi connectivity index (χ1n) is 8.81. The lowest BCUT2D eigenvalue weighted by Crippen LogP contribution is -1.82. The first kappa shape index (κ1) is 24.9. The Labute approximate surface area is 129 Å². The summed E-state index contributed by atoms with van der Waals surface area (Å²) in [6.07, 6.45) is 20.4. The predicted octanol–water partition coefficient (Wildman–Crippen LogP) is 5.70. The van der Waals surface area contributed by atoms with Gasteiger partial charge in [-0.05, 0) is 0 Å². The van der Waals surface area contributed by atoms with E-state index in [0.717, 1.165) is 14.2 Å². The van der Waals surface area contributed by atoms with E-state index in [0.29, 0.717) is 0 Å². The van der Waals surface area contributed by atoms with Crippen LogP contribution >= 0.6 is 0 Å². The van der Waals surface area contributed by atoms with Crippen LogP contribution in [0.4, 0.5) is 0 Å². The Balaban J connectivity index is -0.000000656. The first-order chi connectivity index (χ1) is 9.91. The lowest BCUT2D eigenvalue weighted by atomic mass is 10.0. The molecule has 0 heterocycles.